The van der Waals surface area contributed by atoms with Crippen LogP contribution < -0.4 is 16.7 Å². The summed E-state index contributed by atoms with van der Waals surface area (Å²) >= 11 is 5.71. The molecule has 2 aromatic rings. The Hall–Kier alpha value is -2.52. The van der Waals surface area contributed by atoms with Gasteiger partial charge in [-0.05, 0) is 18.6 Å². The topological polar surface area (TPSA) is 90.7 Å². The third-order valence-electron chi connectivity index (χ3n) is 2.54. The molecular formula is C12H9ClN4O2. The molecule has 1 aromatic heterocycles. The number of nitrogens with zero attached hydrogens (tertiary/aromatic N) is 2. The van der Waals surface area contributed by atoms with Crippen LogP contribution in [-0.2, 0) is 0 Å². The largest absolute Gasteiger partial charge is 0.348 e. The molecule has 0 atom stereocenters. The summed E-state index contributed by atoms with van der Waals surface area (Å²) in [5.74, 6) is 0. The molecule has 2 N–H and O–H groups in total. The molecule has 0 bridgehead atoms. The van der Waals surface area contributed by atoms with Crippen LogP contribution in [0.4, 0.5) is 5.69 Å². The van der Waals surface area contributed by atoms with Crippen LogP contribution in [0.25, 0.3) is 0 Å². The third kappa shape index (κ3) is 2.37. The Morgan fingerprint density at radius 2 is 2.05 bits per heavy atom. The molecule has 0 unspecified atom stereocenters. The maximum atomic E-state index is 11.7. The number of H-pyrrole nitrogens is 1. The zero-order chi connectivity index (χ0) is 14.0. The highest BCUT2D eigenvalue weighted by atomic mass is 35.5. The number of rotatable bonds is 2. The highest BCUT2D eigenvalue weighted by Crippen LogP contribution is 2.14. The first-order chi connectivity index (χ1) is 9.04. The molecule has 1 heterocycles. The molecule has 7 heteroatoms. The summed E-state index contributed by atoms with van der Waals surface area (Å²) in [7, 11) is 0. The number of hydrogen-bond acceptors (Lipinski definition) is 4. The van der Waals surface area contributed by atoms with E-state index in [1.165, 1.54) is 0 Å². The molecule has 1 aromatic carbocycles. The summed E-state index contributed by atoms with van der Waals surface area (Å²) in [6.07, 6.45) is 0. The van der Waals surface area contributed by atoms with Crippen molar-refractivity contribution in [3.05, 3.63) is 61.4 Å². The second-order valence-electron chi connectivity index (χ2n) is 3.80. The summed E-state index contributed by atoms with van der Waals surface area (Å²) in [4.78, 5) is 25.1. The maximum Gasteiger partial charge on any atom is 0.348 e. The maximum absolute atomic E-state index is 11.7. The molecule has 0 aliphatic rings. The van der Waals surface area contributed by atoms with Crippen LogP contribution in [-0.4, -0.2) is 9.66 Å². The van der Waals surface area contributed by atoms with Crippen molar-refractivity contribution in [2.45, 2.75) is 6.92 Å². The van der Waals surface area contributed by atoms with Crippen LogP contribution in [0.3, 0.4) is 0 Å². The van der Waals surface area contributed by atoms with Crippen molar-refractivity contribution in [1.29, 1.82) is 5.26 Å². The first-order valence-electron chi connectivity index (χ1n) is 5.32. The minimum atomic E-state index is -0.786. The molecule has 0 spiro atoms. The Morgan fingerprint density at radius 1 is 1.37 bits per heavy atom. The van der Waals surface area contributed by atoms with Crippen molar-refractivity contribution in [1.82, 2.24) is 9.66 Å². The van der Waals surface area contributed by atoms with E-state index in [2.05, 4.69) is 5.43 Å². The Labute approximate surface area is 112 Å². The monoisotopic (exact) mass is 276 g/mol. The number of nitrogens with one attached hydrogen (secondary N) is 2. The standard InChI is InChI=1S/C12H9ClN4O2/c1-7-4-2-3-5-8(7)16-17-9(6-14)10(13)11(18)15-12(17)19/h2-5,16H,1H3,(H,15,18,19). The lowest BCUT2D eigenvalue weighted by atomic mass is 10.2. The van der Waals surface area contributed by atoms with E-state index in [1.807, 2.05) is 24.0 Å². The van der Waals surface area contributed by atoms with Crippen LogP contribution in [0, 0.1) is 18.3 Å². The minimum Gasteiger partial charge on any atom is -0.289 e. The van der Waals surface area contributed by atoms with Gasteiger partial charge in [-0.15, -0.1) is 0 Å². The number of anilines is 1. The average Bonchev–Trinajstić information content (AvgIpc) is 2.38. The second-order valence-corrected chi connectivity index (χ2v) is 4.17. The predicted octanol–water partition coefficient (Wildman–Crippen LogP) is 1.25. The smallest absolute Gasteiger partial charge is 0.289 e. The number of para-hydroxylation sites is 1. The van der Waals surface area contributed by atoms with Gasteiger partial charge < -0.3 is 0 Å². The lowest BCUT2D eigenvalue weighted by Gasteiger charge is -2.12. The van der Waals surface area contributed by atoms with Crippen LogP contribution in [0.2, 0.25) is 5.02 Å². The van der Waals surface area contributed by atoms with Crippen molar-refractivity contribution in [3.63, 3.8) is 0 Å². The lowest BCUT2D eigenvalue weighted by molar-refractivity contribution is 0.815. The van der Waals surface area contributed by atoms with E-state index in [0.717, 1.165) is 10.2 Å². The van der Waals surface area contributed by atoms with Gasteiger partial charge in [0.1, 0.15) is 11.1 Å². The molecule has 0 aliphatic heterocycles. The van der Waals surface area contributed by atoms with Gasteiger partial charge in [-0.3, -0.25) is 15.2 Å². The normalized spacial score (nSPS) is 9.95. The van der Waals surface area contributed by atoms with E-state index in [9.17, 15) is 9.59 Å². The van der Waals surface area contributed by atoms with Crippen LogP contribution in [0.5, 0.6) is 0 Å². The van der Waals surface area contributed by atoms with E-state index in [4.69, 9.17) is 16.9 Å². The molecule has 0 saturated heterocycles. The molecule has 0 saturated carbocycles. The lowest BCUT2D eigenvalue weighted by Crippen LogP contribution is -2.36. The fourth-order valence-electron chi connectivity index (χ4n) is 1.54. The van der Waals surface area contributed by atoms with E-state index >= 15 is 0 Å². The zero-order valence-corrected chi connectivity index (χ0v) is 10.7. The fourth-order valence-corrected chi connectivity index (χ4v) is 1.71. The van der Waals surface area contributed by atoms with Gasteiger partial charge in [-0.25, -0.2) is 4.79 Å². The molecule has 0 fully saturated rings. The predicted molar refractivity (Wildman–Crippen MR) is 71.2 cm³/mol. The Bertz CT molecular complexity index is 786. The van der Waals surface area contributed by atoms with E-state index in [1.54, 1.807) is 18.2 Å². The van der Waals surface area contributed by atoms with Gasteiger partial charge >= 0.3 is 5.69 Å². The van der Waals surface area contributed by atoms with E-state index in [0.29, 0.717) is 5.69 Å². The summed E-state index contributed by atoms with van der Waals surface area (Å²) in [6, 6.07) is 8.93. The molecule has 0 radical (unpaired) electrons. The quantitative estimate of drug-likeness (QED) is 0.863. The van der Waals surface area contributed by atoms with Gasteiger partial charge in [0.2, 0.25) is 0 Å². The number of nitriles is 1. The highest BCUT2D eigenvalue weighted by molar-refractivity contribution is 6.31. The van der Waals surface area contributed by atoms with Crippen molar-refractivity contribution in [2.24, 2.45) is 0 Å². The number of aromatic amines is 1. The molecular weight excluding hydrogens is 268 g/mol. The summed E-state index contributed by atoms with van der Waals surface area (Å²) < 4.78 is 0.909. The fraction of sp³-hybridized carbons (Fsp3) is 0.0833. The first-order valence-corrected chi connectivity index (χ1v) is 5.70. The highest BCUT2D eigenvalue weighted by Gasteiger charge is 2.13. The van der Waals surface area contributed by atoms with Crippen LogP contribution >= 0.6 is 11.6 Å². The van der Waals surface area contributed by atoms with Gasteiger partial charge in [0.25, 0.3) is 5.56 Å². The van der Waals surface area contributed by atoms with Crippen molar-refractivity contribution in [2.75, 3.05) is 5.43 Å². The summed E-state index contributed by atoms with van der Waals surface area (Å²) in [5, 5.41) is 8.68. The van der Waals surface area contributed by atoms with Crippen molar-refractivity contribution in [3.8, 4) is 6.07 Å². The molecule has 2 rings (SSSR count). The number of aromatic nitrogens is 2. The first kappa shape index (κ1) is 12.9. The van der Waals surface area contributed by atoms with Gasteiger partial charge in [0, 0.05) is 0 Å². The van der Waals surface area contributed by atoms with Crippen LogP contribution in [0.15, 0.2) is 33.9 Å². The Morgan fingerprint density at radius 3 is 2.68 bits per heavy atom. The number of hydrogen-bond donors (Lipinski definition) is 2. The number of aryl methyl sites for hydroxylation is 1. The third-order valence-corrected chi connectivity index (χ3v) is 2.89. The molecule has 19 heavy (non-hydrogen) atoms. The second kappa shape index (κ2) is 5.00. The average molecular weight is 277 g/mol. The molecule has 0 amide bonds. The number of benzene rings is 1. The summed E-state index contributed by atoms with van der Waals surface area (Å²) in [6.45, 7) is 1.84. The minimum absolute atomic E-state index is 0.237. The van der Waals surface area contributed by atoms with Gasteiger partial charge in [0.15, 0.2) is 5.69 Å². The van der Waals surface area contributed by atoms with Crippen molar-refractivity contribution >= 4 is 17.3 Å². The van der Waals surface area contributed by atoms with E-state index < -0.39 is 11.2 Å². The van der Waals surface area contributed by atoms with Crippen molar-refractivity contribution < 1.29 is 0 Å². The number of halogens is 1. The van der Waals surface area contributed by atoms with Gasteiger partial charge in [-0.2, -0.15) is 9.94 Å². The van der Waals surface area contributed by atoms with Gasteiger partial charge in [-0.1, -0.05) is 29.8 Å². The molecule has 6 nitrogen and oxygen atoms in total. The van der Waals surface area contributed by atoms with E-state index in [-0.39, 0.29) is 10.7 Å². The Balaban J connectivity index is 2.62. The van der Waals surface area contributed by atoms with Gasteiger partial charge in [0.05, 0.1) is 5.69 Å². The molecule has 96 valence electrons. The summed E-state index contributed by atoms with van der Waals surface area (Å²) in [5.41, 5.74) is 2.48. The molecule has 0 aliphatic carbocycles. The SMILES string of the molecule is Cc1ccccc1Nn1c(C#N)c(Cl)c(=O)[nH]c1=O. The van der Waals surface area contributed by atoms with Crippen LogP contribution in [0.1, 0.15) is 11.3 Å². The zero-order valence-electron chi connectivity index (χ0n) is 9.90. The Kier molecular flexibility index (Phi) is 3.40.